The van der Waals surface area contributed by atoms with Crippen molar-refractivity contribution in [1.29, 1.82) is 0 Å². The number of benzene rings is 2. The number of piperidine rings is 1. The van der Waals surface area contributed by atoms with Crippen LogP contribution in [0.25, 0.3) is 22.0 Å². The minimum atomic E-state index is -4.66. The average molecular weight is 621 g/mol. The SMILES string of the molecule is O=C(Nc1ccc(-c2cn(S(=O)(=O)NCCN3CCCCC3)c3ccncc23)cc1)Nc1ccc(Cl)c(C(F)(F)F)c1. The summed E-state index contributed by atoms with van der Waals surface area (Å²) in [6.07, 6.45) is 3.42. The van der Waals surface area contributed by atoms with E-state index in [2.05, 4.69) is 25.2 Å². The van der Waals surface area contributed by atoms with Crippen LogP contribution in [-0.2, 0) is 16.4 Å². The average Bonchev–Trinajstić information content (AvgIpc) is 3.35. The molecule has 0 bridgehead atoms. The first-order chi connectivity index (χ1) is 20.0. The number of pyridine rings is 1. The van der Waals surface area contributed by atoms with Crippen LogP contribution in [0.1, 0.15) is 24.8 Å². The number of amides is 2. The predicted molar refractivity (Wildman–Crippen MR) is 157 cm³/mol. The van der Waals surface area contributed by atoms with Gasteiger partial charge in [0, 0.05) is 54.0 Å². The van der Waals surface area contributed by atoms with E-state index in [1.165, 1.54) is 28.9 Å². The number of alkyl halides is 3. The van der Waals surface area contributed by atoms with Crippen molar-refractivity contribution in [2.75, 3.05) is 36.8 Å². The molecule has 0 saturated carbocycles. The van der Waals surface area contributed by atoms with Gasteiger partial charge in [-0.2, -0.15) is 26.3 Å². The van der Waals surface area contributed by atoms with Gasteiger partial charge >= 0.3 is 22.4 Å². The van der Waals surface area contributed by atoms with Crippen molar-refractivity contribution >= 4 is 50.1 Å². The Labute approximate surface area is 245 Å². The summed E-state index contributed by atoms with van der Waals surface area (Å²) in [5.74, 6) is 0. The molecule has 2 aromatic carbocycles. The highest BCUT2D eigenvalue weighted by molar-refractivity contribution is 7.88. The Morgan fingerprint density at radius 2 is 1.67 bits per heavy atom. The Balaban J connectivity index is 1.29. The molecule has 4 aromatic rings. The molecule has 222 valence electrons. The lowest BCUT2D eigenvalue weighted by Gasteiger charge is -2.26. The van der Waals surface area contributed by atoms with Crippen LogP contribution >= 0.6 is 11.6 Å². The number of urea groups is 1. The van der Waals surface area contributed by atoms with Crippen LogP contribution in [0, 0.1) is 0 Å². The molecule has 9 nitrogen and oxygen atoms in total. The van der Waals surface area contributed by atoms with E-state index in [1.807, 2.05) is 0 Å². The molecule has 5 rings (SSSR count). The number of halogens is 4. The summed E-state index contributed by atoms with van der Waals surface area (Å²) in [7, 11) is -3.88. The largest absolute Gasteiger partial charge is 0.417 e. The fraction of sp³-hybridized carbons (Fsp3) is 0.286. The van der Waals surface area contributed by atoms with Gasteiger partial charge in [0.05, 0.1) is 16.1 Å². The third-order valence-electron chi connectivity index (χ3n) is 6.98. The summed E-state index contributed by atoms with van der Waals surface area (Å²) in [6.45, 7) is 2.86. The number of hydrogen-bond donors (Lipinski definition) is 3. The fourth-order valence-electron chi connectivity index (χ4n) is 4.90. The van der Waals surface area contributed by atoms with Crippen molar-refractivity contribution in [3.8, 4) is 11.1 Å². The molecule has 2 aromatic heterocycles. The van der Waals surface area contributed by atoms with Crippen LogP contribution in [0.5, 0.6) is 0 Å². The second kappa shape index (κ2) is 12.3. The molecule has 42 heavy (non-hydrogen) atoms. The summed E-state index contributed by atoms with van der Waals surface area (Å²) in [6, 6.07) is 10.6. The van der Waals surface area contributed by atoms with E-state index in [0.29, 0.717) is 40.8 Å². The van der Waals surface area contributed by atoms with Crippen molar-refractivity contribution in [2.45, 2.75) is 25.4 Å². The highest BCUT2D eigenvalue weighted by atomic mass is 35.5. The third-order valence-corrected chi connectivity index (χ3v) is 8.69. The molecule has 1 saturated heterocycles. The fourth-order valence-corrected chi connectivity index (χ4v) is 6.28. The first-order valence-corrected chi connectivity index (χ1v) is 15.1. The lowest BCUT2D eigenvalue weighted by Crippen LogP contribution is -2.39. The van der Waals surface area contributed by atoms with Gasteiger partial charge in [-0.15, -0.1) is 0 Å². The lowest BCUT2D eigenvalue weighted by molar-refractivity contribution is -0.137. The number of carbonyl (C=O) groups is 1. The maximum Gasteiger partial charge on any atom is 0.417 e. The van der Waals surface area contributed by atoms with Gasteiger partial charge in [-0.05, 0) is 67.9 Å². The zero-order chi connectivity index (χ0) is 29.9. The van der Waals surface area contributed by atoms with E-state index < -0.39 is 33.0 Å². The van der Waals surface area contributed by atoms with Crippen LogP contribution in [0.15, 0.2) is 67.1 Å². The number of nitrogens with one attached hydrogen (secondary N) is 3. The molecule has 2 amide bonds. The Kier molecular flexibility index (Phi) is 8.73. The van der Waals surface area contributed by atoms with Gasteiger partial charge in [0.2, 0.25) is 0 Å². The second-order valence-electron chi connectivity index (χ2n) is 9.88. The molecule has 1 aliphatic rings. The highest BCUT2D eigenvalue weighted by Gasteiger charge is 2.33. The van der Waals surface area contributed by atoms with Gasteiger partial charge < -0.3 is 15.5 Å². The monoisotopic (exact) mass is 620 g/mol. The van der Waals surface area contributed by atoms with Crippen molar-refractivity contribution in [2.24, 2.45) is 0 Å². The number of nitrogens with zero attached hydrogens (tertiary/aromatic N) is 3. The summed E-state index contributed by atoms with van der Waals surface area (Å²) in [4.78, 5) is 18.8. The van der Waals surface area contributed by atoms with Crippen molar-refractivity contribution in [3.63, 3.8) is 0 Å². The standard InChI is InChI=1S/C28H28ClF3N6O3S/c29-25-9-8-21(16-24(25)28(30,31)32)36-27(39)35-20-6-4-19(5-7-20)23-18-38(26-10-11-33-17-22(23)26)42(40,41)34-12-15-37-13-2-1-3-14-37/h4-11,16-18,34H,1-3,12-15H2,(H2,35,36,39). The van der Waals surface area contributed by atoms with E-state index in [1.54, 1.807) is 36.5 Å². The second-order valence-corrected chi connectivity index (χ2v) is 11.9. The van der Waals surface area contributed by atoms with Crippen LogP contribution in [0.3, 0.4) is 0 Å². The third kappa shape index (κ3) is 6.86. The Bertz CT molecular complexity index is 1690. The van der Waals surface area contributed by atoms with E-state index in [-0.39, 0.29) is 5.69 Å². The van der Waals surface area contributed by atoms with Gasteiger partial charge in [0.25, 0.3) is 0 Å². The molecule has 3 heterocycles. The van der Waals surface area contributed by atoms with Crippen LogP contribution in [0.4, 0.5) is 29.3 Å². The highest BCUT2D eigenvalue weighted by Crippen LogP contribution is 2.36. The van der Waals surface area contributed by atoms with Gasteiger partial charge in [-0.3, -0.25) is 4.98 Å². The van der Waals surface area contributed by atoms with Crippen molar-refractivity contribution in [3.05, 3.63) is 77.7 Å². The van der Waals surface area contributed by atoms with Gasteiger partial charge in [0.1, 0.15) is 0 Å². The quantitative estimate of drug-likeness (QED) is 0.218. The van der Waals surface area contributed by atoms with E-state index in [0.717, 1.165) is 38.1 Å². The Hall–Kier alpha value is -3.65. The smallest absolute Gasteiger partial charge is 0.308 e. The van der Waals surface area contributed by atoms with Gasteiger partial charge in [0.15, 0.2) is 0 Å². The minimum Gasteiger partial charge on any atom is -0.308 e. The first kappa shape index (κ1) is 29.8. The molecule has 0 aliphatic carbocycles. The van der Waals surface area contributed by atoms with E-state index in [9.17, 15) is 26.4 Å². The number of carbonyl (C=O) groups excluding carboxylic acids is 1. The minimum absolute atomic E-state index is 0.0769. The Morgan fingerprint density at radius 1 is 0.976 bits per heavy atom. The van der Waals surface area contributed by atoms with E-state index in [4.69, 9.17) is 11.6 Å². The normalized spacial score (nSPS) is 14.7. The molecular weight excluding hydrogens is 593 g/mol. The molecule has 0 atom stereocenters. The number of fused-ring (bicyclic) bond motifs is 1. The number of anilines is 2. The number of aromatic nitrogens is 2. The topological polar surface area (TPSA) is 108 Å². The maximum atomic E-state index is 13.2. The van der Waals surface area contributed by atoms with Gasteiger partial charge in [-0.1, -0.05) is 30.2 Å². The van der Waals surface area contributed by atoms with Crippen molar-refractivity contribution < 1.29 is 26.4 Å². The number of likely N-dealkylation sites (tertiary alicyclic amines) is 1. The van der Waals surface area contributed by atoms with Gasteiger partial charge in [-0.25, -0.2) is 8.77 Å². The molecule has 1 fully saturated rings. The van der Waals surface area contributed by atoms with Crippen LogP contribution in [0.2, 0.25) is 5.02 Å². The molecule has 3 N–H and O–H groups in total. The summed E-state index contributed by atoms with van der Waals surface area (Å²) < 4.78 is 69.8. The summed E-state index contributed by atoms with van der Waals surface area (Å²) in [5.41, 5.74) is 1.000. The Morgan fingerprint density at radius 3 is 2.38 bits per heavy atom. The summed E-state index contributed by atoms with van der Waals surface area (Å²) >= 11 is 5.63. The molecule has 1 aliphatic heterocycles. The zero-order valence-corrected chi connectivity index (χ0v) is 23.9. The maximum absolute atomic E-state index is 13.2. The summed E-state index contributed by atoms with van der Waals surface area (Å²) in [5, 5.41) is 5.08. The van der Waals surface area contributed by atoms with Crippen molar-refractivity contribution in [1.82, 2.24) is 18.6 Å². The number of hydrogen-bond acceptors (Lipinski definition) is 5. The van der Waals surface area contributed by atoms with Crippen LogP contribution < -0.4 is 15.4 Å². The lowest BCUT2D eigenvalue weighted by atomic mass is 10.1. The molecular formula is C28H28ClF3N6O3S. The molecule has 0 spiro atoms. The van der Waals surface area contributed by atoms with Crippen LogP contribution in [-0.4, -0.2) is 54.5 Å². The first-order valence-electron chi connectivity index (χ1n) is 13.2. The molecule has 14 heteroatoms. The zero-order valence-electron chi connectivity index (χ0n) is 22.3. The number of rotatable bonds is 8. The van der Waals surface area contributed by atoms with E-state index >= 15 is 0 Å². The molecule has 0 unspecified atom stereocenters. The predicted octanol–water partition coefficient (Wildman–Crippen LogP) is 6.19. The molecule has 0 radical (unpaired) electrons.